The molecule has 4 rings (SSSR count). The quantitative estimate of drug-likeness (QED) is 0.0549. The van der Waals surface area contributed by atoms with E-state index in [0.717, 1.165) is 43.7 Å². The molecular weight excluding hydrogens is 685 g/mol. The van der Waals surface area contributed by atoms with Crippen molar-refractivity contribution >= 4 is 97.0 Å². The maximum atomic E-state index is 11.9. The Kier molecular flexibility index (Phi) is 21.0. The Hall–Kier alpha value is -0.180. The lowest BCUT2D eigenvalue weighted by molar-refractivity contribution is -0.150. The van der Waals surface area contributed by atoms with Crippen molar-refractivity contribution in [3.05, 3.63) is 0 Å². The second-order valence-corrected chi connectivity index (χ2v) is 13.6. The predicted molar refractivity (Wildman–Crippen MR) is 175 cm³/mol. The van der Waals surface area contributed by atoms with Crippen molar-refractivity contribution in [1.29, 1.82) is 0 Å². The van der Waals surface area contributed by atoms with Gasteiger partial charge in [-0.2, -0.15) is 25.3 Å². The van der Waals surface area contributed by atoms with Gasteiger partial charge in [0.25, 0.3) is 0 Å². The summed E-state index contributed by atoms with van der Waals surface area (Å²) in [5.41, 5.74) is -1.24. The van der Waals surface area contributed by atoms with Crippen molar-refractivity contribution in [2.75, 3.05) is 79.9 Å². The van der Waals surface area contributed by atoms with Gasteiger partial charge in [-0.25, -0.2) is 0 Å². The van der Waals surface area contributed by atoms with Gasteiger partial charge in [0.15, 0.2) is 10.9 Å². The molecule has 0 saturated carbocycles. The molecule has 0 aromatic heterocycles. The fourth-order valence-electron chi connectivity index (χ4n) is 2.49. The minimum atomic E-state index is -0.747. The maximum absolute atomic E-state index is 11.9. The topological polar surface area (TPSA) is 155 Å². The van der Waals surface area contributed by atoms with Gasteiger partial charge in [0, 0.05) is 17.3 Å². The number of esters is 4. The molecule has 6 unspecified atom stereocenters. The fraction of sp³-hybridized carbons (Fsp3) is 0.840. The standard InChI is InChI=1S/C15H22O7S3.C6H10O4S3.C4H8O/c16-13(8-23-5-10-1-18-10)21-4-15(25-7-12-3-20-12)22-14(17)9-24-6-11-2-19-11;7-4(2-11)9-1-6(13)10-5(8)3-12;1-2-4-3-5-4/h10-12,15H,1-9H2;6,11-13H,1-3H2;4H,2-3H2,1H3. The first-order valence-corrected chi connectivity index (χ1v) is 18.7. The molecule has 0 bridgehead atoms. The first-order chi connectivity index (χ1) is 20.7. The van der Waals surface area contributed by atoms with Gasteiger partial charge in [-0.15, -0.1) is 47.9 Å². The monoisotopic (exact) mass is 724 g/mol. The van der Waals surface area contributed by atoms with E-state index in [1.807, 2.05) is 0 Å². The van der Waals surface area contributed by atoms with E-state index in [-0.39, 0.29) is 60.4 Å². The summed E-state index contributed by atoms with van der Waals surface area (Å²) in [6.07, 6.45) is 2.63. The summed E-state index contributed by atoms with van der Waals surface area (Å²) < 4.78 is 40.1. The maximum Gasteiger partial charge on any atom is 0.317 e. The molecule has 4 aliphatic heterocycles. The van der Waals surface area contributed by atoms with Crippen molar-refractivity contribution in [3.8, 4) is 0 Å². The van der Waals surface area contributed by atoms with Crippen LogP contribution in [0.2, 0.25) is 0 Å². The van der Waals surface area contributed by atoms with Crippen LogP contribution in [0.3, 0.4) is 0 Å². The summed E-state index contributed by atoms with van der Waals surface area (Å²) >= 11 is 15.7. The number of carbonyl (C=O) groups excluding carboxylic acids is 4. The number of ether oxygens (including phenoxy) is 8. The molecule has 4 fully saturated rings. The number of epoxide rings is 4. The minimum absolute atomic E-state index is 0.0129. The molecule has 0 spiro atoms. The Labute approximate surface area is 281 Å². The largest absolute Gasteiger partial charge is 0.460 e. The van der Waals surface area contributed by atoms with E-state index in [9.17, 15) is 19.2 Å². The van der Waals surface area contributed by atoms with Crippen molar-refractivity contribution < 1.29 is 57.1 Å². The summed E-state index contributed by atoms with van der Waals surface area (Å²) in [6.45, 7) is 5.44. The summed E-state index contributed by atoms with van der Waals surface area (Å²) in [6, 6.07) is 0. The fourth-order valence-corrected chi connectivity index (χ4v) is 5.44. The second kappa shape index (κ2) is 23.2. The van der Waals surface area contributed by atoms with Gasteiger partial charge in [-0.05, 0) is 6.42 Å². The molecule has 4 aliphatic rings. The van der Waals surface area contributed by atoms with Crippen LogP contribution >= 0.6 is 73.2 Å². The lowest BCUT2D eigenvalue weighted by Gasteiger charge is -2.17. The second-order valence-electron chi connectivity index (χ2n) is 9.14. The van der Waals surface area contributed by atoms with E-state index in [4.69, 9.17) is 28.4 Å². The average molecular weight is 725 g/mol. The molecule has 0 radical (unpaired) electrons. The van der Waals surface area contributed by atoms with Gasteiger partial charge in [-0.3, -0.25) is 19.2 Å². The molecule has 6 atom stereocenters. The summed E-state index contributed by atoms with van der Waals surface area (Å²) in [5.74, 6) is 1.28. The van der Waals surface area contributed by atoms with E-state index in [2.05, 4.69) is 54.3 Å². The van der Waals surface area contributed by atoms with Crippen molar-refractivity contribution in [3.63, 3.8) is 0 Å². The first kappa shape index (κ1) is 39.0. The van der Waals surface area contributed by atoms with Crippen molar-refractivity contribution in [2.45, 2.75) is 48.6 Å². The Morgan fingerprint density at radius 2 is 1.19 bits per heavy atom. The van der Waals surface area contributed by atoms with E-state index in [0.29, 0.717) is 12.2 Å². The van der Waals surface area contributed by atoms with Gasteiger partial charge >= 0.3 is 23.9 Å². The number of rotatable bonds is 20. The molecule has 4 saturated heterocycles. The zero-order chi connectivity index (χ0) is 31.5. The van der Waals surface area contributed by atoms with Gasteiger partial charge in [0.1, 0.15) is 13.2 Å². The van der Waals surface area contributed by atoms with Crippen LogP contribution in [0.5, 0.6) is 0 Å². The normalized spacial score (nSPS) is 23.5. The smallest absolute Gasteiger partial charge is 0.317 e. The molecule has 43 heavy (non-hydrogen) atoms. The lowest BCUT2D eigenvalue weighted by Crippen LogP contribution is -2.25. The van der Waals surface area contributed by atoms with Crippen molar-refractivity contribution in [1.82, 2.24) is 0 Å². The molecule has 0 aromatic rings. The zero-order valence-corrected chi connectivity index (χ0v) is 29.0. The Bertz CT molecular complexity index is 840. The van der Waals surface area contributed by atoms with Gasteiger partial charge in [-0.1, -0.05) is 6.92 Å². The molecule has 4 heterocycles. The predicted octanol–water partition coefficient (Wildman–Crippen LogP) is 1.78. The highest BCUT2D eigenvalue weighted by Gasteiger charge is 2.27. The number of hydrogen-bond donors (Lipinski definition) is 3. The third kappa shape index (κ3) is 23.8. The summed E-state index contributed by atoms with van der Waals surface area (Å²) in [7, 11) is 0. The number of carbonyl (C=O) groups is 4. The molecule has 248 valence electrons. The molecule has 0 aliphatic carbocycles. The van der Waals surface area contributed by atoms with E-state index in [1.165, 1.54) is 41.7 Å². The average Bonchev–Trinajstić information content (AvgIpc) is 3.80. The first-order valence-electron chi connectivity index (χ1n) is 13.6. The van der Waals surface area contributed by atoms with Gasteiger partial charge in [0.2, 0.25) is 0 Å². The minimum Gasteiger partial charge on any atom is -0.460 e. The molecular formula is C25H40O12S6. The number of hydrogen-bond acceptors (Lipinski definition) is 18. The molecule has 12 nitrogen and oxygen atoms in total. The Morgan fingerprint density at radius 1 is 0.698 bits per heavy atom. The van der Waals surface area contributed by atoms with Crippen LogP contribution in [0, 0.1) is 0 Å². The SMILES string of the molecule is CCC1CO1.O=C(CS)OCC(S)OC(=O)CS.O=C(CSCC1CO1)OCC(OC(=O)CSCC1CO1)SCC1CO1. The lowest BCUT2D eigenvalue weighted by atomic mass is 10.4. The van der Waals surface area contributed by atoms with Gasteiger partial charge < -0.3 is 37.9 Å². The highest BCUT2D eigenvalue weighted by Crippen LogP contribution is 2.23. The Balaban J connectivity index is 0.000000298. The highest BCUT2D eigenvalue weighted by molar-refractivity contribution is 8.00. The summed E-state index contributed by atoms with van der Waals surface area (Å²) in [4.78, 5) is 44.9. The van der Waals surface area contributed by atoms with Crippen LogP contribution in [0.1, 0.15) is 13.3 Å². The summed E-state index contributed by atoms with van der Waals surface area (Å²) in [5, 5.41) is 0. The Morgan fingerprint density at radius 3 is 1.65 bits per heavy atom. The molecule has 0 aromatic carbocycles. The van der Waals surface area contributed by atoms with Crippen LogP contribution in [0.15, 0.2) is 0 Å². The van der Waals surface area contributed by atoms with Crippen LogP contribution < -0.4 is 0 Å². The van der Waals surface area contributed by atoms with Crippen LogP contribution in [-0.2, 0) is 57.1 Å². The third-order valence-corrected chi connectivity index (χ3v) is 9.17. The molecule has 18 heteroatoms. The number of thiol groups is 3. The van der Waals surface area contributed by atoms with Crippen LogP contribution in [-0.4, -0.2) is 139 Å². The third-order valence-electron chi connectivity index (χ3n) is 5.14. The van der Waals surface area contributed by atoms with Crippen LogP contribution in [0.4, 0.5) is 0 Å². The zero-order valence-electron chi connectivity index (χ0n) is 23.8. The molecule has 0 amide bonds. The highest BCUT2D eigenvalue weighted by atomic mass is 32.2. The van der Waals surface area contributed by atoms with E-state index in [1.54, 1.807) is 0 Å². The van der Waals surface area contributed by atoms with Crippen molar-refractivity contribution in [2.24, 2.45) is 0 Å². The van der Waals surface area contributed by atoms with E-state index < -0.39 is 22.8 Å². The number of thioether (sulfide) groups is 3. The van der Waals surface area contributed by atoms with Gasteiger partial charge in [0.05, 0.1) is 73.9 Å². The van der Waals surface area contributed by atoms with E-state index >= 15 is 0 Å². The van der Waals surface area contributed by atoms with Crippen LogP contribution in [0.25, 0.3) is 0 Å². The molecule has 0 N–H and O–H groups in total.